The van der Waals surface area contributed by atoms with Gasteiger partial charge in [0.1, 0.15) is 0 Å². The van der Waals surface area contributed by atoms with Gasteiger partial charge >= 0.3 is 5.69 Å². The van der Waals surface area contributed by atoms with Crippen molar-refractivity contribution in [3.63, 3.8) is 0 Å². The number of carbonyl (C=O) groups excluding carboxylic acids is 1. The maximum atomic E-state index is 12.9. The van der Waals surface area contributed by atoms with Crippen LogP contribution in [0.1, 0.15) is 5.56 Å². The van der Waals surface area contributed by atoms with Gasteiger partial charge in [-0.1, -0.05) is 6.07 Å². The summed E-state index contributed by atoms with van der Waals surface area (Å²) in [6.45, 7) is 0. The van der Waals surface area contributed by atoms with Crippen LogP contribution in [0.25, 0.3) is 6.08 Å². The van der Waals surface area contributed by atoms with E-state index in [1.54, 1.807) is 0 Å². The van der Waals surface area contributed by atoms with E-state index in [4.69, 9.17) is 5.73 Å². The topological polar surface area (TPSA) is 86.2 Å². The van der Waals surface area contributed by atoms with Crippen molar-refractivity contribution < 1.29 is 14.1 Å². The Labute approximate surface area is 84.2 Å². The van der Waals surface area contributed by atoms with Crippen molar-refractivity contribution in [2.75, 3.05) is 0 Å². The number of nitrogens with two attached hydrogens (primary N) is 1. The third-order valence-electron chi connectivity index (χ3n) is 1.61. The molecule has 0 aliphatic carbocycles. The highest BCUT2D eigenvalue weighted by molar-refractivity contribution is 5.90. The number of rotatable bonds is 3. The van der Waals surface area contributed by atoms with E-state index in [0.29, 0.717) is 5.56 Å². The summed E-state index contributed by atoms with van der Waals surface area (Å²) >= 11 is 0. The van der Waals surface area contributed by atoms with E-state index in [2.05, 4.69) is 0 Å². The van der Waals surface area contributed by atoms with Crippen molar-refractivity contribution in [3.8, 4) is 0 Å². The first-order valence-corrected chi connectivity index (χ1v) is 3.92. The standard InChI is InChI=1S/C9H7FN2O3/c10-7-3-1-6(2-4-9(11)13)5-8(7)12(14)15/h1-5H,(H2,11,13). The highest BCUT2D eigenvalue weighted by Gasteiger charge is 2.13. The molecule has 0 saturated carbocycles. The molecular formula is C9H7FN2O3. The molecule has 15 heavy (non-hydrogen) atoms. The van der Waals surface area contributed by atoms with Gasteiger partial charge < -0.3 is 5.73 Å². The molecule has 1 aromatic rings. The molecule has 0 fully saturated rings. The Morgan fingerprint density at radius 3 is 2.73 bits per heavy atom. The summed E-state index contributed by atoms with van der Waals surface area (Å²) in [5.74, 6) is -1.60. The Bertz CT molecular complexity index is 443. The van der Waals surface area contributed by atoms with Crippen LogP contribution in [-0.2, 0) is 4.79 Å². The van der Waals surface area contributed by atoms with Gasteiger partial charge in [0, 0.05) is 12.1 Å². The normalized spacial score (nSPS) is 10.5. The van der Waals surface area contributed by atoms with Crippen molar-refractivity contribution in [2.45, 2.75) is 0 Å². The van der Waals surface area contributed by atoms with E-state index in [9.17, 15) is 19.3 Å². The molecule has 0 saturated heterocycles. The number of amides is 1. The van der Waals surface area contributed by atoms with Gasteiger partial charge in [-0.05, 0) is 17.7 Å². The van der Waals surface area contributed by atoms with Crippen LogP contribution in [0, 0.1) is 15.9 Å². The fourth-order valence-corrected chi connectivity index (χ4v) is 0.952. The minimum atomic E-state index is -0.920. The molecule has 5 nitrogen and oxygen atoms in total. The van der Waals surface area contributed by atoms with E-state index in [0.717, 1.165) is 18.2 Å². The minimum Gasteiger partial charge on any atom is -0.366 e. The van der Waals surface area contributed by atoms with Crippen LogP contribution in [0.5, 0.6) is 0 Å². The summed E-state index contributed by atoms with van der Waals surface area (Å²) in [5, 5.41) is 10.4. The fraction of sp³-hybridized carbons (Fsp3) is 0. The molecule has 2 N–H and O–H groups in total. The summed E-state index contributed by atoms with van der Waals surface area (Å²) in [7, 11) is 0. The van der Waals surface area contributed by atoms with Gasteiger partial charge in [0.05, 0.1) is 4.92 Å². The fourth-order valence-electron chi connectivity index (χ4n) is 0.952. The number of benzene rings is 1. The average molecular weight is 210 g/mol. The van der Waals surface area contributed by atoms with Crippen LogP contribution in [0.3, 0.4) is 0 Å². The van der Waals surface area contributed by atoms with Crippen LogP contribution in [0.2, 0.25) is 0 Å². The van der Waals surface area contributed by atoms with Crippen molar-refractivity contribution in [2.24, 2.45) is 5.73 Å². The van der Waals surface area contributed by atoms with Crippen molar-refractivity contribution in [1.29, 1.82) is 0 Å². The Kier molecular flexibility index (Phi) is 3.12. The number of primary amides is 1. The van der Waals surface area contributed by atoms with Gasteiger partial charge in [-0.2, -0.15) is 4.39 Å². The Balaban J connectivity index is 3.08. The molecule has 78 valence electrons. The van der Waals surface area contributed by atoms with Crippen molar-refractivity contribution in [3.05, 3.63) is 45.8 Å². The first kappa shape index (κ1) is 10.8. The Hall–Kier alpha value is -2.24. The summed E-state index contributed by atoms with van der Waals surface area (Å²) in [6, 6.07) is 3.29. The predicted octanol–water partition coefficient (Wildman–Crippen LogP) is 1.23. The maximum absolute atomic E-state index is 12.9. The molecule has 6 heteroatoms. The number of carbonyl (C=O) groups is 1. The predicted molar refractivity (Wildman–Crippen MR) is 51.3 cm³/mol. The van der Waals surface area contributed by atoms with Crippen LogP contribution < -0.4 is 5.73 Å². The molecule has 0 spiro atoms. The Morgan fingerprint density at radius 2 is 2.20 bits per heavy atom. The molecule has 1 rings (SSSR count). The number of nitro benzene ring substituents is 1. The van der Waals surface area contributed by atoms with Crippen LogP contribution in [0.15, 0.2) is 24.3 Å². The third-order valence-corrected chi connectivity index (χ3v) is 1.61. The van der Waals surface area contributed by atoms with Crippen LogP contribution >= 0.6 is 0 Å². The van der Waals surface area contributed by atoms with Crippen LogP contribution in [0.4, 0.5) is 10.1 Å². The summed E-state index contributed by atoms with van der Waals surface area (Å²) < 4.78 is 12.9. The molecule has 0 aliphatic heterocycles. The summed E-state index contributed by atoms with van der Waals surface area (Å²) in [5.41, 5.74) is 4.53. The molecule has 0 aliphatic rings. The highest BCUT2D eigenvalue weighted by atomic mass is 19.1. The average Bonchev–Trinajstić information content (AvgIpc) is 2.16. The molecule has 0 atom stereocenters. The van der Waals surface area contributed by atoms with Gasteiger partial charge in [0.25, 0.3) is 0 Å². The molecule has 0 unspecified atom stereocenters. The lowest BCUT2D eigenvalue weighted by Crippen LogP contribution is -2.05. The first-order valence-electron chi connectivity index (χ1n) is 3.92. The lowest BCUT2D eigenvalue weighted by molar-refractivity contribution is -0.387. The van der Waals surface area contributed by atoms with Gasteiger partial charge in [-0.15, -0.1) is 0 Å². The first-order chi connectivity index (χ1) is 7.00. The smallest absolute Gasteiger partial charge is 0.305 e. The van der Waals surface area contributed by atoms with E-state index < -0.39 is 22.3 Å². The molecule has 0 heterocycles. The summed E-state index contributed by atoms with van der Waals surface area (Å²) in [4.78, 5) is 19.9. The molecular weight excluding hydrogens is 203 g/mol. The maximum Gasteiger partial charge on any atom is 0.305 e. The monoisotopic (exact) mass is 210 g/mol. The second-order valence-electron chi connectivity index (χ2n) is 2.70. The third kappa shape index (κ3) is 2.87. The molecule has 1 amide bonds. The summed E-state index contributed by atoms with van der Waals surface area (Å²) in [6.07, 6.45) is 2.31. The van der Waals surface area contributed by atoms with Gasteiger partial charge in [0.2, 0.25) is 11.7 Å². The lowest BCUT2D eigenvalue weighted by Gasteiger charge is -1.95. The van der Waals surface area contributed by atoms with E-state index >= 15 is 0 Å². The van der Waals surface area contributed by atoms with Crippen molar-refractivity contribution >= 4 is 17.7 Å². The van der Waals surface area contributed by atoms with E-state index in [1.807, 2.05) is 0 Å². The largest absolute Gasteiger partial charge is 0.366 e. The SMILES string of the molecule is NC(=O)C=Cc1ccc(F)c([N+](=O)[O-])c1. The molecule has 0 radical (unpaired) electrons. The lowest BCUT2D eigenvalue weighted by atomic mass is 10.2. The van der Waals surface area contributed by atoms with Gasteiger partial charge in [0.15, 0.2) is 0 Å². The Morgan fingerprint density at radius 1 is 1.53 bits per heavy atom. The second kappa shape index (κ2) is 4.32. The number of hydrogen-bond acceptors (Lipinski definition) is 3. The zero-order chi connectivity index (χ0) is 11.4. The zero-order valence-corrected chi connectivity index (χ0v) is 7.51. The van der Waals surface area contributed by atoms with E-state index in [1.165, 1.54) is 12.1 Å². The molecule has 0 aromatic heterocycles. The van der Waals surface area contributed by atoms with Gasteiger partial charge in [-0.3, -0.25) is 14.9 Å². The van der Waals surface area contributed by atoms with E-state index in [-0.39, 0.29) is 0 Å². The number of nitro groups is 1. The number of halogens is 1. The second-order valence-corrected chi connectivity index (χ2v) is 2.70. The highest BCUT2D eigenvalue weighted by Crippen LogP contribution is 2.19. The van der Waals surface area contributed by atoms with Gasteiger partial charge in [-0.25, -0.2) is 0 Å². The van der Waals surface area contributed by atoms with Crippen LogP contribution in [-0.4, -0.2) is 10.8 Å². The molecule has 0 bridgehead atoms. The molecule has 1 aromatic carbocycles. The zero-order valence-electron chi connectivity index (χ0n) is 7.51. The van der Waals surface area contributed by atoms with Crippen molar-refractivity contribution in [1.82, 2.24) is 0 Å². The minimum absolute atomic E-state index is 0.335. The quantitative estimate of drug-likeness (QED) is 0.462. The number of hydrogen-bond donors (Lipinski definition) is 1. The number of nitrogens with zero attached hydrogens (tertiary/aromatic N) is 1.